The fourth-order valence-corrected chi connectivity index (χ4v) is 7.91. The van der Waals surface area contributed by atoms with Gasteiger partial charge in [-0.2, -0.15) is 0 Å². The summed E-state index contributed by atoms with van der Waals surface area (Å²) in [6.07, 6.45) is 20.3. The van der Waals surface area contributed by atoms with Gasteiger partial charge in [-0.1, -0.05) is 124 Å². The zero-order valence-corrected chi connectivity index (χ0v) is 28.5. The van der Waals surface area contributed by atoms with Crippen LogP contribution >= 0.6 is 0 Å². The van der Waals surface area contributed by atoms with Gasteiger partial charge in [0.15, 0.2) is 0 Å². The van der Waals surface area contributed by atoms with Gasteiger partial charge in [0.2, 0.25) is 5.95 Å². The van der Waals surface area contributed by atoms with Crippen LogP contribution in [0.25, 0.3) is 56.1 Å². The van der Waals surface area contributed by atoms with Crippen LogP contribution in [0.3, 0.4) is 0 Å². The van der Waals surface area contributed by atoms with Gasteiger partial charge in [-0.3, -0.25) is 4.57 Å². The second-order valence-corrected chi connectivity index (χ2v) is 13.1. The first-order valence-electron chi connectivity index (χ1n) is 16.9. The third-order valence-electron chi connectivity index (χ3n) is 10.1. The van der Waals surface area contributed by atoms with Crippen molar-refractivity contribution in [2.75, 3.05) is 0 Å². The molecule has 0 N–H and O–H groups in total. The minimum absolute atomic E-state index is 0.255. The van der Waals surface area contributed by atoms with Crippen LogP contribution in [0, 0.1) is 6.92 Å². The summed E-state index contributed by atoms with van der Waals surface area (Å²) in [5.74, 6) is 0.692. The van der Waals surface area contributed by atoms with E-state index in [9.17, 15) is 0 Å². The summed E-state index contributed by atoms with van der Waals surface area (Å²) in [4.78, 5) is 10.9. The molecule has 0 unspecified atom stereocenters. The minimum Gasteiger partial charge on any atom is -0.277 e. The normalized spacial score (nSPS) is 17.4. The molecular formula is C44H43N3. The molecule has 2 aromatic heterocycles. The molecular weight excluding hydrogens is 571 g/mol. The highest BCUT2D eigenvalue weighted by Gasteiger charge is 2.39. The van der Waals surface area contributed by atoms with Crippen LogP contribution in [0.4, 0.5) is 0 Å². The minimum atomic E-state index is -0.255. The molecule has 0 aliphatic heterocycles. The predicted octanol–water partition coefficient (Wildman–Crippen LogP) is 11.7. The van der Waals surface area contributed by atoms with Crippen molar-refractivity contribution in [1.29, 1.82) is 0 Å². The molecule has 7 rings (SSSR count). The number of hydrogen-bond acceptors (Lipinski definition) is 2. The van der Waals surface area contributed by atoms with E-state index in [1.165, 1.54) is 55.4 Å². The Hall–Kier alpha value is -5.02. The second-order valence-electron chi connectivity index (χ2n) is 13.1. The van der Waals surface area contributed by atoms with E-state index in [1.54, 1.807) is 0 Å². The number of rotatable bonds is 5. The summed E-state index contributed by atoms with van der Waals surface area (Å²) in [7, 11) is 0. The van der Waals surface area contributed by atoms with Gasteiger partial charge in [0.25, 0.3) is 0 Å². The van der Waals surface area contributed by atoms with Crippen molar-refractivity contribution in [3.05, 3.63) is 143 Å². The molecule has 0 atom stereocenters. The van der Waals surface area contributed by atoms with Crippen LogP contribution in [-0.2, 0) is 11.8 Å². The number of hydrogen-bond donors (Lipinski definition) is 0. The van der Waals surface area contributed by atoms with Gasteiger partial charge in [0.1, 0.15) is 0 Å². The van der Waals surface area contributed by atoms with Crippen LogP contribution in [0.5, 0.6) is 0 Å². The Morgan fingerprint density at radius 2 is 1.81 bits per heavy atom. The Morgan fingerprint density at radius 3 is 2.57 bits per heavy atom. The van der Waals surface area contributed by atoms with Crippen LogP contribution in [0.1, 0.15) is 81.1 Å². The highest BCUT2D eigenvalue weighted by Crippen LogP contribution is 2.54. The van der Waals surface area contributed by atoms with E-state index in [2.05, 4.69) is 150 Å². The highest BCUT2D eigenvalue weighted by atomic mass is 15.2. The lowest BCUT2D eigenvalue weighted by Gasteiger charge is -2.30. The van der Waals surface area contributed by atoms with E-state index in [-0.39, 0.29) is 5.41 Å². The fourth-order valence-electron chi connectivity index (χ4n) is 7.91. The number of para-hydroxylation sites is 1. The summed E-state index contributed by atoms with van der Waals surface area (Å²) in [5.41, 5.74) is 15.3. The Kier molecular flexibility index (Phi) is 7.80. The first-order chi connectivity index (χ1) is 22.8. The lowest BCUT2D eigenvalue weighted by molar-refractivity contribution is 0.645. The van der Waals surface area contributed by atoms with E-state index >= 15 is 0 Å². The van der Waals surface area contributed by atoms with E-state index < -0.39 is 0 Å². The molecule has 234 valence electrons. The number of aromatic nitrogens is 3. The molecule has 2 aliphatic rings. The summed E-state index contributed by atoms with van der Waals surface area (Å²) in [6.45, 7) is 17.6. The summed E-state index contributed by atoms with van der Waals surface area (Å²) >= 11 is 0. The molecule has 47 heavy (non-hydrogen) atoms. The molecule has 3 nitrogen and oxygen atoms in total. The lowest BCUT2D eigenvalue weighted by Crippen LogP contribution is -2.21. The van der Waals surface area contributed by atoms with Gasteiger partial charge in [-0.05, 0) is 79.5 Å². The topological polar surface area (TPSA) is 30.7 Å². The van der Waals surface area contributed by atoms with E-state index in [0.717, 1.165) is 47.1 Å². The van der Waals surface area contributed by atoms with Gasteiger partial charge in [-0.25, -0.2) is 9.97 Å². The molecule has 3 heteroatoms. The maximum Gasteiger partial charge on any atom is 0.235 e. The lowest BCUT2D eigenvalue weighted by atomic mass is 9.73. The van der Waals surface area contributed by atoms with Crippen LogP contribution in [-0.4, -0.2) is 14.5 Å². The van der Waals surface area contributed by atoms with E-state index in [1.807, 2.05) is 6.08 Å². The van der Waals surface area contributed by atoms with Crippen molar-refractivity contribution in [3.63, 3.8) is 0 Å². The third-order valence-corrected chi connectivity index (χ3v) is 10.1. The SMILES string of the molecule is C=C/C=C1\C(=C/C)C(C)(C)c2cccc(C)c2-c2c1n(-c1nc(/C(=C/C=C\C)CC)c3ccccc3n1)c1c3c(ccc21)CCC=C3. The number of nitrogens with zero attached hydrogens (tertiary/aromatic N) is 3. The molecule has 0 radical (unpaired) electrons. The average Bonchev–Trinajstić information content (AvgIpc) is 3.39. The molecule has 0 saturated heterocycles. The van der Waals surface area contributed by atoms with Crippen molar-refractivity contribution < 1.29 is 0 Å². The molecule has 2 heterocycles. The largest absolute Gasteiger partial charge is 0.277 e. The van der Waals surface area contributed by atoms with Crippen LogP contribution in [0.2, 0.25) is 0 Å². The van der Waals surface area contributed by atoms with Crippen LogP contribution in [0.15, 0.2) is 109 Å². The number of aryl methyl sites for hydroxylation is 2. The van der Waals surface area contributed by atoms with Gasteiger partial charge in [0.05, 0.1) is 22.4 Å². The molecule has 2 aliphatic carbocycles. The number of allylic oxidation sites excluding steroid dienone is 10. The Bertz CT molecular complexity index is 2240. The van der Waals surface area contributed by atoms with Crippen molar-refractivity contribution in [3.8, 4) is 17.1 Å². The Morgan fingerprint density at radius 1 is 0.979 bits per heavy atom. The highest BCUT2D eigenvalue weighted by molar-refractivity contribution is 6.11. The van der Waals surface area contributed by atoms with Gasteiger partial charge in [-0.15, -0.1) is 0 Å². The fraction of sp³-hybridized carbons (Fsp3) is 0.227. The summed E-state index contributed by atoms with van der Waals surface area (Å²) in [5, 5.41) is 2.29. The van der Waals surface area contributed by atoms with Gasteiger partial charge < -0.3 is 0 Å². The maximum absolute atomic E-state index is 5.52. The van der Waals surface area contributed by atoms with Crippen molar-refractivity contribution in [2.45, 2.75) is 66.2 Å². The Balaban J connectivity index is 1.75. The molecule has 0 spiro atoms. The van der Waals surface area contributed by atoms with E-state index in [4.69, 9.17) is 9.97 Å². The maximum atomic E-state index is 5.52. The van der Waals surface area contributed by atoms with Gasteiger partial charge in [0, 0.05) is 32.9 Å². The quantitative estimate of drug-likeness (QED) is 0.185. The van der Waals surface area contributed by atoms with E-state index in [0.29, 0.717) is 5.95 Å². The first kappa shape index (κ1) is 30.6. The van der Waals surface area contributed by atoms with Crippen molar-refractivity contribution in [1.82, 2.24) is 14.5 Å². The molecule has 0 saturated carbocycles. The average molecular weight is 614 g/mol. The molecule has 5 aromatic rings. The molecule has 0 fully saturated rings. The number of benzene rings is 3. The summed E-state index contributed by atoms with van der Waals surface area (Å²) in [6, 6.07) is 19.9. The standard InChI is InChI=1S/C44H43N3/c1-8-12-20-29(10-3)40-33-23-15-16-25-37(33)45-43(46-40)47-41-31-22-14-13-21-30(31)26-27-34(41)39-38-28(5)19-17-24-36(38)44(6,7)35(11-4)32(18-9-2)42(39)47/h8-9,11-12,14-20,22-27H,2,10,13,21H2,1,3-7H3/b12-8-,29-20+,32-18+,35-11+. The number of fused-ring (bicyclic) bond motifs is 8. The third kappa shape index (κ3) is 4.71. The first-order valence-corrected chi connectivity index (χ1v) is 16.9. The van der Waals surface area contributed by atoms with Crippen LogP contribution < -0.4 is 0 Å². The van der Waals surface area contributed by atoms with Crippen molar-refractivity contribution >= 4 is 39.0 Å². The van der Waals surface area contributed by atoms with Gasteiger partial charge >= 0.3 is 0 Å². The molecule has 0 bridgehead atoms. The monoisotopic (exact) mass is 613 g/mol. The predicted molar refractivity (Wildman–Crippen MR) is 202 cm³/mol. The smallest absolute Gasteiger partial charge is 0.235 e. The Labute approximate surface area is 279 Å². The molecule has 0 amide bonds. The summed E-state index contributed by atoms with van der Waals surface area (Å²) < 4.78 is 2.38. The zero-order valence-electron chi connectivity index (χ0n) is 28.5. The van der Waals surface area contributed by atoms with Crippen molar-refractivity contribution in [2.24, 2.45) is 0 Å². The second kappa shape index (κ2) is 12.0. The molecule has 3 aromatic carbocycles. The zero-order chi connectivity index (χ0) is 32.9.